The summed E-state index contributed by atoms with van der Waals surface area (Å²) in [5.74, 6) is -1.36. The van der Waals surface area contributed by atoms with Crippen LogP contribution < -0.4 is 0 Å². The molecule has 0 saturated carbocycles. The molecule has 0 atom stereocenters. The average molecular weight is 472 g/mol. The van der Waals surface area contributed by atoms with Crippen molar-refractivity contribution in [3.63, 3.8) is 0 Å². The molecule has 196 valence electrons. The van der Waals surface area contributed by atoms with Crippen LogP contribution in [0.2, 0.25) is 0 Å². The van der Waals surface area contributed by atoms with Crippen molar-refractivity contribution < 1.29 is 24.9 Å². The van der Waals surface area contributed by atoms with E-state index in [0.717, 1.165) is 64.6 Å². The maximum absolute atomic E-state index is 10.5. The highest BCUT2D eigenvalue weighted by molar-refractivity contribution is 5.66. The number of hydrogen-bond donors (Lipinski definition) is 3. The van der Waals surface area contributed by atoms with Gasteiger partial charge in [-0.2, -0.15) is 0 Å². The molecule has 0 unspecified atom stereocenters. The largest absolute Gasteiger partial charge is 0.481 e. The third-order valence-electron chi connectivity index (χ3n) is 6.36. The average Bonchev–Trinajstić information content (AvgIpc) is 2.78. The van der Waals surface area contributed by atoms with E-state index in [4.69, 9.17) is 10.2 Å². The molecule has 0 amide bonds. The first-order valence-corrected chi connectivity index (χ1v) is 13.8. The summed E-state index contributed by atoms with van der Waals surface area (Å²) < 4.78 is 0. The summed E-state index contributed by atoms with van der Waals surface area (Å²) in [6, 6.07) is 0. The zero-order valence-electron chi connectivity index (χ0n) is 21.3. The zero-order chi connectivity index (χ0) is 24.4. The minimum Gasteiger partial charge on any atom is -0.481 e. The summed E-state index contributed by atoms with van der Waals surface area (Å²) in [6.07, 6.45) is 22.7. The minimum atomic E-state index is -0.679. The van der Waals surface area contributed by atoms with E-state index in [-0.39, 0.29) is 6.61 Å². The molecule has 0 aromatic carbocycles. The van der Waals surface area contributed by atoms with Crippen LogP contribution in [-0.4, -0.2) is 58.4 Å². The molecule has 33 heavy (non-hydrogen) atoms. The molecule has 0 radical (unpaired) electrons. The number of rotatable bonds is 27. The Hall–Kier alpha value is -1.14. The number of carboxylic acid groups (broad SMARTS) is 2. The topological polar surface area (TPSA) is 98.1 Å². The second-order valence-corrected chi connectivity index (χ2v) is 9.57. The van der Waals surface area contributed by atoms with Crippen molar-refractivity contribution in [3.05, 3.63) is 0 Å². The van der Waals surface area contributed by atoms with Gasteiger partial charge in [-0.05, 0) is 45.2 Å². The highest BCUT2D eigenvalue weighted by Gasteiger charge is 2.05. The van der Waals surface area contributed by atoms with Crippen molar-refractivity contribution in [1.82, 2.24) is 4.90 Å². The first-order chi connectivity index (χ1) is 16.1. The third kappa shape index (κ3) is 27.0. The van der Waals surface area contributed by atoms with Crippen LogP contribution in [0.4, 0.5) is 0 Å². The Morgan fingerprint density at radius 2 is 0.697 bits per heavy atom. The molecular weight excluding hydrogens is 418 g/mol. The van der Waals surface area contributed by atoms with E-state index in [1.807, 2.05) is 0 Å². The van der Waals surface area contributed by atoms with Crippen molar-refractivity contribution in [3.8, 4) is 0 Å². The van der Waals surface area contributed by atoms with Crippen molar-refractivity contribution in [1.29, 1.82) is 0 Å². The van der Waals surface area contributed by atoms with Crippen LogP contribution in [0.1, 0.15) is 135 Å². The molecule has 0 aliphatic heterocycles. The van der Waals surface area contributed by atoms with E-state index in [2.05, 4.69) is 4.90 Å². The predicted octanol–water partition coefficient (Wildman–Crippen LogP) is 6.64. The van der Waals surface area contributed by atoms with Crippen LogP contribution in [0.15, 0.2) is 0 Å². The lowest BCUT2D eigenvalue weighted by atomic mass is 10.1. The molecule has 0 rings (SSSR count). The molecule has 0 aromatic rings. The van der Waals surface area contributed by atoms with Gasteiger partial charge in [0.1, 0.15) is 0 Å². The summed E-state index contributed by atoms with van der Waals surface area (Å²) in [4.78, 5) is 23.5. The molecule has 3 N–H and O–H groups in total. The molecule has 0 aliphatic rings. The van der Waals surface area contributed by atoms with Gasteiger partial charge >= 0.3 is 11.9 Å². The number of unbranched alkanes of at least 4 members (excludes halogenated alkanes) is 16. The Bertz CT molecular complexity index is 408. The molecule has 0 fully saturated rings. The van der Waals surface area contributed by atoms with E-state index >= 15 is 0 Å². The third-order valence-corrected chi connectivity index (χ3v) is 6.36. The number of nitrogens with zero attached hydrogens (tertiary/aromatic N) is 1. The Morgan fingerprint density at radius 1 is 0.424 bits per heavy atom. The number of carbonyl (C=O) groups is 2. The van der Waals surface area contributed by atoms with Crippen molar-refractivity contribution in [2.24, 2.45) is 0 Å². The Kier molecular flexibility index (Phi) is 24.6. The molecule has 6 heteroatoms. The highest BCUT2D eigenvalue weighted by atomic mass is 16.4. The van der Waals surface area contributed by atoms with E-state index in [1.165, 1.54) is 77.0 Å². The molecule has 0 saturated heterocycles. The quantitative estimate of drug-likeness (QED) is 0.116. The van der Waals surface area contributed by atoms with Gasteiger partial charge < -0.3 is 20.2 Å². The minimum absolute atomic E-state index is 0.273. The van der Waals surface area contributed by atoms with Gasteiger partial charge in [0.2, 0.25) is 0 Å². The first-order valence-electron chi connectivity index (χ1n) is 13.8. The summed E-state index contributed by atoms with van der Waals surface area (Å²) in [6.45, 7) is 3.57. The lowest BCUT2D eigenvalue weighted by Gasteiger charge is -2.22. The van der Waals surface area contributed by atoms with Crippen molar-refractivity contribution >= 4 is 11.9 Å². The van der Waals surface area contributed by atoms with Gasteiger partial charge in [0.25, 0.3) is 0 Å². The molecule has 0 aromatic heterocycles. The van der Waals surface area contributed by atoms with Gasteiger partial charge in [0.05, 0.1) is 0 Å². The maximum Gasteiger partial charge on any atom is 0.303 e. The van der Waals surface area contributed by atoms with Gasteiger partial charge in [0, 0.05) is 26.0 Å². The molecule has 0 bridgehead atoms. The van der Waals surface area contributed by atoms with Gasteiger partial charge in [0.15, 0.2) is 0 Å². The lowest BCUT2D eigenvalue weighted by molar-refractivity contribution is -0.138. The summed E-state index contributed by atoms with van der Waals surface area (Å²) in [5, 5.41) is 26.4. The fourth-order valence-electron chi connectivity index (χ4n) is 4.33. The molecule has 0 aliphatic carbocycles. The lowest BCUT2D eigenvalue weighted by Crippen LogP contribution is -2.27. The number of carboxylic acids is 2. The predicted molar refractivity (Wildman–Crippen MR) is 136 cm³/mol. The highest BCUT2D eigenvalue weighted by Crippen LogP contribution is 2.13. The van der Waals surface area contributed by atoms with E-state index in [9.17, 15) is 14.7 Å². The van der Waals surface area contributed by atoms with Crippen LogP contribution in [0.3, 0.4) is 0 Å². The normalized spacial score (nSPS) is 11.3. The second kappa shape index (κ2) is 25.5. The zero-order valence-corrected chi connectivity index (χ0v) is 21.3. The molecule has 0 spiro atoms. The van der Waals surface area contributed by atoms with Crippen LogP contribution in [0.25, 0.3) is 0 Å². The van der Waals surface area contributed by atoms with Crippen molar-refractivity contribution in [2.75, 3.05) is 26.2 Å². The van der Waals surface area contributed by atoms with Crippen LogP contribution in [0, 0.1) is 0 Å². The molecule has 6 nitrogen and oxygen atoms in total. The van der Waals surface area contributed by atoms with E-state index in [1.54, 1.807) is 0 Å². The summed E-state index contributed by atoms with van der Waals surface area (Å²) in [5.41, 5.74) is 0. The van der Waals surface area contributed by atoms with Gasteiger partial charge in [-0.3, -0.25) is 9.59 Å². The van der Waals surface area contributed by atoms with Gasteiger partial charge in [-0.1, -0.05) is 89.9 Å². The van der Waals surface area contributed by atoms with E-state index in [0.29, 0.717) is 12.8 Å². The summed E-state index contributed by atoms with van der Waals surface area (Å²) in [7, 11) is 0. The van der Waals surface area contributed by atoms with Crippen LogP contribution in [-0.2, 0) is 9.59 Å². The summed E-state index contributed by atoms with van der Waals surface area (Å²) >= 11 is 0. The van der Waals surface area contributed by atoms with Crippen LogP contribution >= 0.6 is 0 Å². The van der Waals surface area contributed by atoms with Crippen molar-refractivity contribution in [2.45, 2.75) is 135 Å². The molecular formula is C27H53NO5. The Labute approximate surface area is 203 Å². The number of aliphatic carboxylic acids is 2. The number of aliphatic hydroxyl groups is 1. The number of hydrogen-bond acceptors (Lipinski definition) is 4. The standard InChI is InChI=1S/C27H53NO5/c29-25-19-24-28(22-17-13-9-5-1-3-7-11-15-20-26(30)31)23-18-14-10-6-2-4-8-12-16-21-27(32)33/h29H,1-25H2,(H,30,31)(H,32,33). The van der Waals surface area contributed by atoms with Crippen LogP contribution in [0.5, 0.6) is 0 Å². The van der Waals surface area contributed by atoms with E-state index < -0.39 is 11.9 Å². The van der Waals surface area contributed by atoms with Gasteiger partial charge in [-0.25, -0.2) is 0 Å². The monoisotopic (exact) mass is 471 g/mol. The number of aliphatic hydroxyl groups excluding tert-OH is 1. The second-order valence-electron chi connectivity index (χ2n) is 9.57. The first kappa shape index (κ1) is 31.9. The fraction of sp³-hybridized carbons (Fsp3) is 0.926. The maximum atomic E-state index is 10.5. The Balaban J connectivity index is 3.54. The smallest absolute Gasteiger partial charge is 0.303 e. The fourth-order valence-corrected chi connectivity index (χ4v) is 4.33. The van der Waals surface area contributed by atoms with Gasteiger partial charge in [-0.15, -0.1) is 0 Å². The Morgan fingerprint density at radius 3 is 1.00 bits per heavy atom. The SMILES string of the molecule is O=C(O)CCCCCCCCCCCN(CCCO)CCCCCCCCCCCC(=O)O. The molecule has 0 heterocycles.